The molecule has 4 amide bonds. The fourth-order valence-corrected chi connectivity index (χ4v) is 4.42. The Kier molecular flexibility index (Phi) is 6.67. The zero-order valence-electron chi connectivity index (χ0n) is 18.1. The Hall–Kier alpha value is -2.58. The molecule has 2 saturated heterocycles. The molecule has 1 aromatic rings. The van der Waals surface area contributed by atoms with E-state index in [-0.39, 0.29) is 36.5 Å². The van der Waals surface area contributed by atoms with Crippen LogP contribution < -0.4 is 9.80 Å². The van der Waals surface area contributed by atoms with Gasteiger partial charge in [0.25, 0.3) is 11.8 Å². The SMILES string of the molecule is CCN(CC)[C@H]1CC(=O)N(c2ccc(N3C(=O)C[C@H](N(CC)CC)C3=O)cc2)C1=O. The molecule has 0 radical (unpaired) electrons. The first-order valence-electron chi connectivity index (χ1n) is 10.7. The Balaban J connectivity index is 1.80. The molecule has 162 valence electrons. The van der Waals surface area contributed by atoms with Crippen molar-refractivity contribution in [1.29, 1.82) is 0 Å². The second-order valence-corrected chi connectivity index (χ2v) is 7.53. The number of likely N-dealkylation sites (N-methyl/N-ethyl adjacent to an activating group) is 2. The van der Waals surface area contributed by atoms with E-state index in [1.165, 1.54) is 9.80 Å². The lowest BCUT2D eigenvalue weighted by Crippen LogP contribution is -2.42. The van der Waals surface area contributed by atoms with Gasteiger partial charge in [-0.05, 0) is 50.4 Å². The summed E-state index contributed by atoms with van der Waals surface area (Å²) in [7, 11) is 0. The molecule has 3 rings (SSSR count). The molecule has 8 nitrogen and oxygen atoms in total. The van der Waals surface area contributed by atoms with Crippen LogP contribution in [0, 0.1) is 0 Å². The van der Waals surface area contributed by atoms with E-state index in [1.54, 1.807) is 24.3 Å². The van der Waals surface area contributed by atoms with E-state index in [4.69, 9.17) is 0 Å². The van der Waals surface area contributed by atoms with Gasteiger partial charge >= 0.3 is 0 Å². The third kappa shape index (κ3) is 3.77. The predicted octanol–water partition coefficient (Wildman–Crippen LogP) is 1.63. The summed E-state index contributed by atoms with van der Waals surface area (Å²) in [6, 6.07) is 5.62. The number of benzene rings is 1. The molecule has 0 bridgehead atoms. The first-order chi connectivity index (χ1) is 14.4. The minimum absolute atomic E-state index is 0.164. The maximum atomic E-state index is 12.8. The normalized spacial score (nSPS) is 22.3. The van der Waals surface area contributed by atoms with E-state index in [2.05, 4.69) is 0 Å². The Bertz CT molecular complexity index is 761. The van der Waals surface area contributed by atoms with Gasteiger partial charge in [-0.15, -0.1) is 0 Å². The van der Waals surface area contributed by atoms with E-state index in [1.807, 2.05) is 37.5 Å². The lowest BCUT2D eigenvalue weighted by atomic mass is 10.2. The van der Waals surface area contributed by atoms with Crippen molar-refractivity contribution in [2.75, 3.05) is 36.0 Å². The number of rotatable bonds is 8. The molecule has 30 heavy (non-hydrogen) atoms. The van der Waals surface area contributed by atoms with Crippen LogP contribution in [0.4, 0.5) is 11.4 Å². The Morgan fingerprint density at radius 3 is 1.23 bits per heavy atom. The second kappa shape index (κ2) is 9.06. The third-order valence-electron chi connectivity index (χ3n) is 6.12. The number of hydrogen-bond donors (Lipinski definition) is 0. The highest BCUT2D eigenvalue weighted by atomic mass is 16.2. The molecule has 2 aliphatic rings. The van der Waals surface area contributed by atoms with Gasteiger partial charge in [0.1, 0.15) is 0 Å². The smallest absolute Gasteiger partial charge is 0.251 e. The number of hydrogen-bond acceptors (Lipinski definition) is 6. The van der Waals surface area contributed by atoms with Gasteiger partial charge in [-0.2, -0.15) is 0 Å². The van der Waals surface area contributed by atoms with Crippen molar-refractivity contribution in [2.24, 2.45) is 0 Å². The monoisotopic (exact) mass is 414 g/mol. The Morgan fingerprint density at radius 2 is 0.967 bits per heavy atom. The average Bonchev–Trinajstić information content (AvgIpc) is 3.19. The second-order valence-electron chi connectivity index (χ2n) is 7.53. The maximum absolute atomic E-state index is 12.8. The minimum atomic E-state index is -0.441. The highest BCUT2D eigenvalue weighted by Crippen LogP contribution is 2.30. The van der Waals surface area contributed by atoms with Crippen LogP contribution in [0.3, 0.4) is 0 Å². The number of carbonyl (C=O) groups excluding carboxylic acids is 4. The van der Waals surface area contributed by atoms with Crippen molar-refractivity contribution in [3.63, 3.8) is 0 Å². The molecular formula is C22H30N4O4. The highest BCUT2D eigenvalue weighted by Gasteiger charge is 2.43. The predicted molar refractivity (Wildman–Crippen MR) is 114 cm³/mol. The van der Waals surface area contributed by atoms with Gasteiger partial charge in [0.15, 0.2) is 0 Å². The molecule has 2 aliphatic heterocycles. The van der Waals surface area contributed by atoms with Crippen molar-refractivity contribution in [2.45, 2.75) is 52.6 Å². The van der Waals surface area contributed by atoms with E-state index < -0.39 is 12.1 Å². The summed E-state index contributed by atoms with van der Waals surface area (Å²) in [5, 5.41) is 0. The molecule has 2 fully saturated rings. The Morgan fingerprint density at radius 1 is 0.667 bits per heavy atom. The van der Waals surface area contributed by atoms with Crippen LogP contribution in [0.2, 0.25) is 0 Å². The highest BCUT2D eigenvalue weighted by molar-refractivity contribution is 6.24. The van der Waals surface area contributed by atoms with Gasteiger partial charge in [0.05, 0.1) is 36.3 Å². The Labute approximate surface area is 177 Å². The van der Waals surface area contributed by atoms with Crippen LogP contribution in [0.5, 0.6) is 0 Å². The van der Waals surface area contributed by atoms with E-state index in [0.717, 1.165) is 0 Å². The van der Waals surface area contributed by atoms with Gasteiger partial charge in [-0.3, -0.25) is 29.0 Å². The lowest BCUT2D eigenvalue weighted by molar-refractivity contribution is -0.124. The van der Waals surface area contributed by atoms with Crippen LogP contribution in [0.1, 0.15) is 40.5 Å². The summed E-state index contributed by atoms with van der Waals surface area (Å²) in [6.07, 6.45) is 0.327. The van der Waals surface area contributed by atoms with Crippen LogP contribution >= 0.6 is 0 Å². The lowest BCUT2D eigenvalue weighted by Gasteiger charge is -2.25. The summed E-state index contributed by atoms with van der Waals surface area (Å²) >= 11 is 0. The first-order valence-corrected chi connectivity index (χ1v) is 10.7. The quantitative estimate of drug-likeness (QED) is 0.602. The number of carbonyl (C=O) groups is 4. The molecular weight excluding hydrogens is 384 g/mol. The maximum Gasteiger partial charge on any atom is 0.251 e. The summed E-state index contributed by atoms with van der Waals surface area (Å²) in [5.41, 5.74) is 0.922. The topological polar surface area (TPSA) is 81.2 Å². The first kappa shape index (κ1) is 22.1. The van der Waals surface area contributed by atoms with Gasteiger partial charge in [0.2, 0.25) is 11.8 Å². The van der Waals surface area contributed by atoms with Crippen LogP contribution in [-0.4, -0.2) is 71.7 Å². The van der Waals surface area contributed by atoms with E-state index in [9.17, 15) is 19.2 Å². The molecule has 0 aromatic heterocycles. The van der Waals surface area contributed by atoms with Crippen molar-refractivity contribution >= 4 is 35.0 Å². The third-order valence-corrected chi connectivity index (χ3v) is 6.12. The molecule has 8 heteroatoms. The van der Waals surface area contributed by atoms with Gasteiger partial charge in [0, 0.05) is 0 Å². The van der Waals surface area contributed by atoms with E-state index in [0.29, 0.717) is 37.6 Å². The van der Waals surface area contributed by atoms with Gasteiger partial charge < -0.3 is 0 Å². The summed E-state index contributed by atoms with van der Waals surface area (Å²) in [5.74, 6) is -0.933. The number of anilines is 2. The summed E-state index contributed by atoms with van der Waals surface area (Å²) in [4.78, 5) is 57.1. The molecule has 1 aromatic carbocycles. The molecule has 2 atom stereocenters. The van der Waals surface area contributed by atoms with Gasteiger partial charge in [-0.1, -0.05) is 27.7 Å². The fourth-order valence-electron chi connectivity index (χ4n) is 4.42. The van der Waals surface area contributed by atoms with Gasteiger partial charge in [-0.25, -0.2) is 9.80 Å². The van der Waals surface area contributed by atoms with Crippen molar-refractivity contribution < 1.29 is 19.2 Å². The minimum Gasteiger partial charge on any atom is -0.292 e. The standard InChI is InChI=1S/C22H30N4O4/c1-5-23(6-2)17-13-19(27)25(21(17)29)15-9-11-16(12-10-15)26-20(28)14-18(22(26)30)24(7-3)8-4/h9-12,17-18H,5-8,13-14H2,1-4H3/t17-,18-/m0/s1. The van der Waals surface area contributed by atoms with Crippen LogP contribution in [-0.2, 0) is 19.2 Å². The van der Waals surface area contributed by atoms with E-state index >= 15 is 0 Å². The summed E-state index contributed by atoms with van der Waals surface area (Å²) in [6.45, 7) is 10.6. The molecule has 2 heterocycles. The fraction of sp³-hybridized carbons (Fsp3) is 0.545. The van der Waals surface area contributed by atoms with Crippen LogP contribution in [0.15, 0.2) is 24.3 Å². The molecule has 0 N–H and O–H groups in total. The van der Waals surface area contributed by atoms with Crippen LogP contribution in [0.25, 0.3) is 0 Å². The number of nitrogens with zero attached hydrogens (tertiary/aromatic N) is 4. The van der Waals surface area contributed by atoms with Crippen molar-refractivity contribution in [3.8, 4) is 0 Å². The molecule has 0 spiro atoms. The average molecular weight is 415 g/mol. The zero-order valence-corrected chi connectivity index (χ0v) is 18.1. The van der Waals surface area contributed by atoms with Crippen molar-refractivity contribution in [3.05, 3.63) is 24.3 Å². The summed E-state index contributed by atoms with van der Waals surface area (Å²) < 4.78 is 0. The number of amides is 4. The largest absolute Gasteiger partial charge is 0.292 e. The van der Waals surface area contributed by atoms with Crippen molar-refractivity contribution in [1.82, 2.24) is 9.80 Å². The molecule has 0 unspecified atom stereocenters. The zero-order chi connectivity index (χ0) is 22.0. The molecule has 0 saturated carbocycles. The molecule has 0 aliphatic carbocycles. The number of imide groups is 2.